The van der Waals surface area contributed by atoms with E-state index in [-0.39, 0.29) is 29.7 Å². The van der Waals surface area contributed by atoms with Gasteiger partial charge in [0, 0.05) is 24.7 Å². The molecule has 0 aliphatic carbocycles. The van der Waals surface area contributed by atoms with Gasteiger partial charge in [-0.25, -0.2) is 9.37 Å². The summed E-state index contributed by atoms with van der Waals surface area (Å²) in [6, 6.07) is 13.9. The zero-order valence-electron chi connectivity index (χ0n) is 18.8. The molecule has 6 nitrogen and oxygen atoms in total. The van der Waals surface area contributed by atoms with Crippen molar-refractivity contribution in [1.29, 1.82) is 0 Å². The fraction of sp³-hybridized carbons (Fsp3) is 0.200. The number of alkyl halides is 3. The van der Waals surface area contributed by atoms with Gasteiger partial charge in [-0.3, -0.25) is 5.43 Å². The summed E-state index contributed by atoms with van der Waals surface area (Å²) < 4.78 is 60.7. The Morgan fingerprint density at radius 2 is 1.83 bits per heavy atom. The molecule has 1 unspecified atom stereocenters. The van der Waals surface area contributed by atoms with Gasteiger partial charge in [0.05, 0.1) is 0 Å². The minimum absolute atomic E-state index is 0.0378. The van der Waals surface area contributed by atoms with Crippen LogP contribution < -0.4 is 11.2 Å². The highest BCUT2D eigenvalue weighted by atomic mass is 19.4. The second kappa shape index (κ2) is 8.38. The van der Waals surface area contributed by atoms with Gasteiger partial charge in [0.15, 0.2) is 11.4 Å². The standard InChI is InChI=1S/C25H21F4N5O/c1-13-32-33-23(34(13)2)19-11-17(26)6-7-18(19)15-4-3-5-16(10-15)24-31-21-9-14(12-30)8-20(22(21)35-24)25(27,28)29/h3-11,13,32H,12,30H2,1-2H3. The van der Waals surface area contributed by atoms with Crippen molar-refractivity contribution in [1.82, 2.24) is 15.3 Å². The van der Waals surface area contributed by atoms with E-state index in [1.807, 2.05) is 24.9 Å². The van der Waals surface area contributed by atoms with E-state index < -0.39 is 17.6 Å². The van der Waals surface area contributed by atoms with Gasteiger partial charge in [0.25, 0.3) is 0 Å². The maximum atomic E-state index is 14.2. The molecule has 3 N–H and O–H groups in total. The molecule has 0 amide bonds. The zero-order chi connectivity index (χ0) is 24.9. The highest BCUT2D eigenvalue weighted by Crippen LogP contribution is 2.38. The highest BCUT2D eigenvalue weighted by Gasteiger charge is 2.35. The topological polar surface area (TPSA) is 79.7 Å². The van der Waals surface area contributed by atoms with Crippen LogP contribution in [-0.4, -0.2) is 28.9 Å². The van der Waals surface area contributed by atoms with Crippen molar-refractivity contribution in [2.24, 2.45) is 10.8 Å². The number of nitrogens with two attached hydrogens (primary N) is 1. The summed E-state index contributed by atoms with van der Waals surface area (Å²) in [5.74, 6) is 0.198. The zero-order valence-corrected chi connectivity index (χ0v) is 18.8. The summed E-state index contributed by atoms with van der Waals surface area (Å²) in [6.07, 6.45) is -4.68. The molecule has 0 radical (unpaired) electrons. The van der Waals surface area contributed by atoms with Crippen LogP contribution in [0.2, 0.25) is 0 Å². The third-order valence-corrected chi connectivity index (χ3v) is 6.01. The lowest BCUT2D eigenvalue weighted by Gasteiger charge is -2.20. The lowest BCUT2D eigenvalue weighted by Crippen LogP contribution is -2.34. The summed E-state index contributed by atoms with van der Waals surface area (Å²) in [5, 5.41) is 4.33. The van der Waals surface area contributed by atoms with Crippen molar-refractivity contribution in [3.63, 3.8) is 0 Å². The number of nitrogens with one attached hydrogen (secondary N) is 1. The predicted molar refractivity (Wildman–Crippen MR) is 125 cm³/mol. The second-order valence-corrected chi connectivity index (χ2v) is 8.33. The molecule has 0 saturated heterocycles. The third-order valence-electron chi connectivity index (χ3n) is 6.01. The highest BCUT2D eigenvalue weighted by molar-refractivity contribution is 6.05. The number of halogens is 4. The van der Waals surface area contributed by atoms with Crippen LogP contribution >= 0.6 is 0 Å². The molecule has 2 heterocycles. The minimum atomic E-state index is -4.62. The SMILES string of the molecule is CC1NN=C(c2cc(F)ccc2-c2cccc(-c3nc4cc(CN)cc(C(F)(F)F)c4o3)c2)N1C. The van der Waals surface area contributed by atoms with E-state index in [2.05, 4.69) is 15.5 Å². The number of rotatable bonds is 4. The first-order chi connectivity index (χ1) is 16.7. The van der Waals surface area contributed by atoms with Crippen molar-refractivity contribution in [2.45, 2.75) is 25.8 Å². The number of fused-ring (bicyclic) bond motifs is 1. The van der Waals surface area contributed by atoms with Crippen molar-refractivity contribution in [3.05, 3.63) is 77.1 Å². The Bertz CT molecular complexity index is 1460. The van der Waals surface area contributed by atoms with Crippen LogP contribution in [0.1, 0.15) is 23.6 Å². The average molecular weight is 483 g/mol. The molecule has 10 heteroatoms. The van der Waals surface area contributed by atoms with Gasteiger partial charge in [-0.15, -0.1) is 0 Å². The Morgan fingerprint density at radius 1 is 1.06 bits per heavy atom. The van der Waals surface area contributed by atoms with Gasteiger partial charge in [-0.2, -0.15) is 18.3 Å². The Hall–Kier alpha value is -3.92. The largest absolute Gasteiger partial charge is 0.435 e. The first kappa shape index (κ1) is 22.9. The molecule has 1 aliphatic rings. The molecule has 3 aromatic carbocycles. The third kappa shape index (κ3) is 4.10. The van der Waals surface area contributed by atoms with E-state index in [9.17, 15) is 17.6 Å². The summed E-state index contributed by atoms with van der Waals surface area (Å²) >= 11 is 0. The van der Waals surface area contributed by atoms with Gasteiger partial charge in [-0.05, 0) is 60.0 Å². The number of benzene rings is 3. The van der Waals surface area contributed by atoms with Crippen LogP contribution in [0.5, 0.6) is 0 Å². The van der Waals surface area contributed by atoms with Crippen molar-refractivity contribution < 1.29 is 22.0 Å². The lowest BCUT2D eigenvalue weighted by atomic mass is 9.97. The molecule has 0 bridgehead atoms. The number of hydrogen-bond acceptors (Lipinski definition) is 6. The van der Waals surface area contributed by atoms with E-state index >= 15 is 0 Å². The molecule has 1 atom stereocenters. The van der Waals surface area contributed by atoms with Crippen LogP contribution in [0, 0.1) is 5.82 Å². The summed E-state index contributed by atoms with van der Waals surface area (Å²) in [7, 11) is 1.85. The van der Waals surface area contributed by atoms with Crippen LogP contribution in [-0.2, 0) is 12.7 Å². The van der Waals surface area contributed by atoms with Crippen molar-refractivity contribution >= 4 is 16.9 Å². The molecule has 0 fully saturated rings. The van der Waals surface area contributed by atoms with Crippen LogP contribution in [0.25, 0.3) is 33.7 Å². The van der Waals surface area contributed by atoms with Crippen LogP contribution in [0.3, 0.4) is 0 Å². The maximum Gasteiger partial charge on any atom is 0.420 e. The Labute approximate surface area is 198 Å². The fourth-order valence-electron chi connectivity index (χ4n) is 4.07. The van der Waals surface area contributed by atoms with E-state index in [4.69, 9.17) is 10.2 Å². The number of aromatic nitrogens is 1. The number of nitrogens with zero attached hydrogens (tertiary/aromatic N) is 3. The first-order valence-electron chi connectivity index (χ1n) is 10.8. The molecule has 1 aromatic heterocycles. The molecule has 35 heavy (non-hydrogen) atoms. The molecular formula is C25H21F4N5O. The molecule has 180 valence electrons. The normalized spacial score (nSPS) is 16.0. The summed E-state index contributed by atoms with van der Waals surface area (Å²) in [4.78, 5) is 6.20. The molecular weight excluding hydrogens is 462 g/mol. The number of oxazole rings is 1. The Morgan fingerprint density at radius 3 is 2.51 bits per heavy atom. The maximum absolute atomic E-state index is 14.2. The quantitative estimate of drug-likeness (QED) is 0.384. The minimum Gasteiger partial charge on any atom is -0.435 e. The summed E-state index contributed by atoms with van der Waals surface area (Å²) in [5.41, 5.74) is 10.1. The molecule has 0 spiro atoms. The monoisotopic (exact) mass is 483 g/mol. The second-order valence-electron chi connectivity index (χ2n) is 8.33. The van der Waals surface area contributed by atoms with Crippen molar-refractivity contribution in [2.75, 3.05) is 7.05 Å². The summed E-state index contributed by atoms with van der Waals surface area (Å²) in [6.45, 7) is 1.87. The fourth-order valence-corrected chi connectivity index (χ4v) is 4.07. The number of amidine groups is 1. The molecule has 0 saturated carbocycles. The van der Waals surface area contributed by atoms with Gasteiger partial charge in [0.2, 0.25) is 5.89 Å². The van der Waals surface area contributed by atoms with Gasteiger partial charge >= 0.3 is 6.18 Å². The molecule has 5 rings (SSSR count). The van der Waals surface area contributed by atoms with Crippen LogP contribution in [0.4, 0.5) is 17.6 Å². The van der Waals surface area contributed by atoms with Crippen molar-refractivity contribution in [3.8, 4) is 22.6 Å². The Kier molecular flexibility index (Phi) is 5.47. The average Bonchev–Trinajstić information content (AvgIpc) is 3.41. The molecule has 4 aromatic rings. The van der Waals surface area contributed by atoms with E-state index in [1.165, 1.54) is 18.2 Å². The first-order valence-corrected chi connectivity index (χ1v) is 10.8. The molecule has 1 aliphatic heterocycles. The van der Waals surface area contributed by atoms with Crippen LogP contribution in [0.15, 0.2) is 64.1 Å². The lowest BCUT2D eigenvalue weighted by molar-refractivity contribution is -0.136. The van der Waals surface area contributed by atoms with Gasteiger partial charge in [-0.1, -0.05) is 18.2 Å². The number of hydrogen-bond donors (Lipinski definition) is 2. The number of hydrazone groups is 1. The van der Waals surface area contributed by atoms with E-state index in [0.29, 0.717) is 33.7 Å². The van der Waals surface area contributed by atoms with E-state index in [0.717, 1.165) is 6.07 Å². The van der Waals surface area contributed by atoms with E-state index in [1.54, 1.807) is 24.3 Å². The predicted octanol–water partition coefficient (Wildman–Crippen LogP) is 5.32. The van der Waals surface area contributed by atoms with Gasteiger partial charge < -0.3 is 15.1 Å². The Balaban J connectivity index is 1.62. The smallest absolute Gasteiger partial charge is 0.420 e. The van der Waals surface area contributed by atoms with Gasteiger partial charge in [0.1, 0.15) is 23.1 Å².